The van der Waals surface area contributed by atoms with Crippen molar-refractivity contribution in [1.82, 2.24) is 9.78 Å². The Bertz CT molecular complexity index is 620. The van der Waals surface area contributed by atoms with Crippen molar-refractivity contribution >= 4 is 0 Å². The van der Waals surface area contributed by atoms with Gasteiger partial charge in [-0.25, -0.2) is 4.68 Å². The molecule has 0 fully saturated rings. The van der Waals surface area contributed by atoms with Crippen molar-refractivity contribution in [3.8, 4) is 11.6 Å². The number of aliphatic hydroxyl groups excluding tert-OH is 1. The summed E-state index contributed by atoms with van der Waals surface area (Å²) in [5.41, 5.74) is 3.17. The molecular formula is C15H20N2O3. The lowest BCUT2D eigenvalue weighted by Crippen LogP contribution is -2.06. The van der Waals surface area contributed by atoms with Gasteiger partial charge in [-0.3, -0.25) is 0 Å². The Morgan fingerprint density at radius 3 is 2.50 bits per heavy atom. The van der Waals surface area contributed by atoms with Crippen LogP contribution in [0.3, 0.4) is 0 Å². The van der Waals surface area contributed by atoms with Crippen LogP contribution >= 0.6 is 0 Å². The van der Waals surface area contributed by atoms with Gasteiger partial charge in [-0.05, 0) is 26.0 Å². The average Bonchev–Trinajstić information content (AvgIpc) is 2.71. The third-order valence-corrected chi connectivity index (χ3v) is 3.36. The fraction of sp³-hybridized carbons (Fsp3) is 0.400. The molecule has 0 aliphatic carbocycles. The van der Waals surface area contributed by atoms with Gasteiger partial charge in [0.25, 0.3) is 0 Å². The molecule has 0 saturated heterocycles. The highest BCUT2D eigenvalue weighted by molar-refractivity contribution is 5.46. The molecule has 0 radical (unpaired) electrons. The lowest BCUT2D eigenvalue weighted by Gasteiger charge is -2.16. The normalized spacial score (nSPS) is 12.3. The summed E-state index contributed by atoms with van der Waals surface area (Å²) in [6.07, 6.45) is -0.839. The predicted molar refractivity (Wildman–Crippen MR) is 76.3 cm³/mol. The lowest BCUT2D eigenvalue weighted by molar-refractivity contribution is 0.207. The number of aliphatic hydroxyl groups is 1. The minimum absolute atomic E-state index is 0.554. The van der Waals surface area contributed by atoms with Crippen LogP contribution in [0.15, 0.2) is 18.2 Å². The van der Waals surface area contributed by atoms with E-state index >= 15 is 0 Å². The number of methoxy groups -OCH3 is 2. The van der Waals surface area contributed by atoms with Crippen LogP contribution in [0.4, 0.5) is 0 Å². The first kappa shape index (κ1) is 14.4. The number of nitrogens with zero attached hydrogens (tertiary/aromatic N) is 2. The molecule has 0 aliphatic heterocycles. The molecule has 1 atom stereocenters. The van der Waals surface area contributed by atoms with Gasteiger partial charge in [0, 0.05) is 12.6 Å². The third-order valence-electron chi connectivity index (χ3n) is 3.36. The third kappa shape index (κ3) is 2.36. The van der Waals surface area contributed by atoms with E-state index in [1.54, 1.807) is 25.9 Å². The summed E-state index contributed by atoms with van der Waals surface area (Å²) in [6, 6.07) is 5.71. The summed E-state index contributed by atoms with van der Waals surface area (Å²) < 4.78 is 12.3. The molecule has 5 nitrogen and oxygen atoms in total. The van der Waals surface area contributed by atoms with Gasteiger partial charge < -0.3 is 14.6 Å². The predicted octanol–water partition coefficient (Wildman–Crippen LogP) is 2.14. The highest BCUT2D eigenvalue weighted by atomic mass is 16.5. The lowest BCUT2D eigenvalue weighted by atomic mass is 9.99. The van der Waals surface area contributed by atoms with Crippen LogP contribution in [0.1, 0.15) is 28.5 Å². The van der Waals surface area contributed by atoms with Crippen LogP contribution in [0.2, 0.25) is 0 Å². The molecule has 108 valence electrons. The zero-order valence-corrected chi connectivity index (χ0v) is 12.5. The number of ether oxygens (including phenoxy) is 2. The Hall–Kier alpha value is -2.01. The van der Waals surface area contributed by atoms with Crippen LogP contribution in [0.25, 0.3) is 0 Å². The van der Waals surface area contributed by atoms with E-state index in [-0.39, 0.29) is 0 Å². The Labute approximate surface area is 118 Å². The largest absolute Gasteiger partial charge is 0.496 e. The summed E-state index contributed by atoms with van der Waals surface area (Å²) in [5.74, 6) is 1.20. The van der Waals surface area contributed by atoms with E-state index in [2.05, 4.69) is 5.10 Å². The molecular weight excluding hydrogens is 256 g/mol. The van der Waals surface area contributed by atoms with Gasteiger partial charge in [-0.1, -0.05) is 11.6 Å². The number of rotatable bonds is 4. The molecule has 0 spiro atoms. The molecule has 1 heterocycles. The van der Waals surface area contributed by atoms with Crippen molar-refractivity contribution in [1.29, 1.82) is 0 Å². The van der Waals surface area contributed by atoms with Crippen LogP contribution in [0.5, 0.6) is 11.6 Å². The number of benzene rings is 1. The molecule has 1 unspecified atom stereocenters. The maximum absolute atomic E-state index is 10.7. The monoisotopic (exact) mass is 276 g/mol. The molecule has 5 heteroatoms. The minimum Gasteiger partial charge on any atom is -0.496 e. The second kappa shape index (κ2) is 5.54. The SMILES string of the molecule is COc1ccc(C)cc1C(O)c1c(C)nn(C)c1OC. The van der Waals surface area contributed by atoms with Gasteiger partial charge in [0.1, 0.15) is 11.9 Å². The van der Waals surface area contributed by atoms with E-state index in [1.807, 2.05) is 32.0 Å². The highest BCUT2D eigenvalue weighted by Gasteiger charge is 2.25. The smallest absolute Gasteiger partial charge is 0.217 e. The van der Waals surface area contributed by atoms with Gasteiger partial charge in [0.05, 0.1) is 25.5 Å². The highest BCUT2D eigenvalue weighted by Crippen LogP contribution is 2.36. The molecule has 20 heavy (non-hydrogen) atoms. The van der Waals surface area contributed by atoms with E-state index < -0.39 is 6.10 Å². The Balaban J connectivity index is 2.56. The summed E-state index contributed by atoms with van der Waals surface area (Å²) in [7, 11) is 4.95. The standard InChI is InChI=1S/C15H20N2O3/c1-9-6-7-12(19-4)11(8-9)14(18)13-10(2)16-17(3)15(13)20-5/h6-8,14,18H,1-5H3. The average molecular weight is 276 g/mol. The second-order valence-corrected chi connectivity index (χ2v) is 4.78. The van der Waals surface area contributed by atoms with Gasteiger partial charge in [0.2, 0.25) is 5.88 Å². The number of aryl methyl sites for hydroxylation is 3. The van der Waals surface area contributed by atoms with Gasteiger partial charge >= 0.3 is 0 Å². The van der Waals surface area contributed by atoms with Crippen LogP contribution < -0.4 is 9.47 Å². The van der Waals surface area contributed by atoms with Crippen LogP contribution in [-0.2, 0) is 7.05 Å². The maximum atomic E-state index is 10.7. The van der Waals surface area contributed by atoms with Crippen molar-refractivity contribution < 1.29 is 14.6 Å². The minimum atomic E-state index is -0.839. The molecule has 1 aromatic carbocycles. The maximum Gasteiger partial charge on any atom is 0.217 e. The van der Waals surface area contributed by atoms with Crippen molar-refractivity contribution in [3.05, 3.63) is 40.6 Å². The second-order valence-electron chi connectivity index (χ2n) is 4.78. The van der Waals surface area contributed by atoms with Gasteiger partial charge in [-0.15, -0.1) is 0 Å². The first-order chi connectivity index (χ1) is 9.49. The molecule has 2 aromatic rings. The molecule has 0 saturated carbocycles. The number of hydrogen-bond acceptors (Lipinski definition) is 4. The first-order valence-electron chi connectivity index (χ1n) is 6.39. The summed E-state index contributed by atoms with van der Waals surface area (Å²) in [4.78, 5) is 0. The fourth-order valence-electron chi connectivity index (χ4n) is 2.43. The molecule has 1 aromatic heterocycles. The Kier molecular flexibility index (Phi) is 3.99. The van der Waals surface area contributed by atoms with Crippen LogP contribution in [0, 0.1) is 13.8 Å². The van der Waals surface area contributed by atoms with Crippen molar-refractivity contribution in [3.63, 3.8) is 0 Å². The molecule has 2 rings (SSSR count). The zero-order chi connectivity index (χ0) is 14.9. The molecule has 0 bridgehead atoms. The fourth-order valence-corrected chi connectivity index (χ4v) is 2.43. The summed E-state index contributed by atoms with van der Waals surface area (Å²) >= 11 is 0. The topological polar surface area (TPSA) is 56.5 Å². The van der Waals surface area contributed by atoms with Crippen LogP contribution in [-0.4, -0.2) is 29.1 Å². The summed E-state index contributed by atoms with van der Waals surface area (Å²) in [6.45, 7) is 3.83. The number of hydrogen-bond donors (Lipinski definition) is 1. The van der Waals surface area contributed by atoms with Gasteiger partial charge in [0.15, 0.2) is 0 Å². The van der Waals surface area contributed by atoms with E-state index in [4.69, 9.17) is 9.47 Å². The zero-order valence-electron chi connectivity index (χ0n) is 12.5. The van der Waals surface area contributed by atoms with Gasteiger partial charge in [-0.2, -0.15) is 5.10 Å². The number of aromatic nitrogens is 2. The molecule has 0 amide bonds. The first-order valence-corrected chi connectivity index (χ1v) is 6.39. The summed E-state index contributed by atoms with van der Waals surface area (Å²) in [5, 5.41) is 15.0. The van der Waals surface area contributed by atoms with E-state index in [1.165, 1.54) is 0 Å². The van der Waals surface area contributed by atoms with E-state index in [9.17, 15) is 5.11 Å². The molecule has 1 N–H and O–H groups in total. The van der Waals surface area contributed by atoms with Crippen molar-refractivity contribution in [2.45, 2.75) is 20.0 Å². The van der Waals surface area contributed by atoms with Crippen molar-refractivity contribution in [2.24, 2.45) is 7.05 Å². The van der Waals surface area contributed by atoms with E-state index in [0.29, 0.717) is 22.8 Å². The Morgan fingerprint density at radius 1 is 1.20 bits per heavy atom. The quantitative estimate of drug-likeness (QED) is 0.929. The van der Waals surface area contributed by atoms with E-state index in [0.717, 1.165) is 11.3 Å². The Morgan fingerprint density at radius 2 is 1.90 bits per heavy atom. The van der Waals surface area contributed by atoms with Crippen molar-refractivity contribution in [2.75, 3.05) is 14.2 Å². The molecule has 0 aliphatic rings.